The molecule has 0 radical (unpaired) electrons. The molecule has 1 unspecified atom stereocenters. The number of allylic oxidation sites excluding steroid dienone is 12. The van der Waals surface area contributed by atoms with E-state index in [1.165, 1.54) is 199 Å². The number of unbranched alkanes of at least 4 members (excludes halogenated alkanes) is 36. The highest BCUT2D eigenvalue weighted by Gasteiger charge is 2.19. The SMILES string of the molecule is CC/C=C\C/C=C\C/C=C\C/C=C\C/C=C\CCCCCCCCCCCCCCCCCC(=O)OCC(COC(=O)CCCCCCCCCC)OC(=O)CCCCCCCCC/C=C\CCCCCCCCC. The summed E-state index contributed by atoms with van der Waals surface area (Å²) in [5, 5.41) is 0. The summed E-state index contributed by atoms with van der Waals surface area (Å²) in [6, 6.07) is 0. The third-order valence-corrected chi connectivity index (χ3v) is 14.2. The Labute approximate surface area is 465 Å². The number of esters is 3. The lowest BCUT2D eigenvalue weighted by Gasteiger charge is -2.18. The fourth-order valence-corrected chi connectivity index (χ4v) is 9.35. The first-order chi connectivity index (χ1) is 37.0. The number of hydrogen-bond acceptors (Lipinski definition) is 6. The molecule has 0 aliphatic rings. The molecule has 434 valence electrons. The molecule has 0 N–H and O–H groups in total. The van der Waals surface area contributed by atoms with Crippen molar-refractivity contribution < 1.29 is 28.6 Å². The highest BCUT2D eigenvalue weighted by atomic mass is 16.6. The maximum atomic E-state index is 12.9. The molecule has 0 aliphatic heterocycles. The minimum absolute atomic E-state index is 0.0728. The van der Waals surface area contributed by atoms with Crippen LogP contribution in [0.2, 0.25) is 0 Å². The molecule has 0 spiro atoms. The second-order valence-electron chi connectivity index (χ2n) is 21.6. The summed E-state index contributed by atoms with van der Waals surface area (Å²) in [4.78, 5) is 38.1. The Morgan fingerprint density at radius 1 is 0.280 bits per heavy atom. The molecule has 0 saturated carbocycles. The van der Waals surface area contributed by atoms with Gasteiger partial charge in [-0.15, -0.1) is 0 Å². The average molecular weight is 1050 g/mol. The molecule has 0 fully saturated rings. The van der Waals surface area contributed by atoms with E-state index < -0.39 is 6.10 Å². The van der Waals surface area contributed by atoms with Crippen LogP contribution in [0.15, 0.2) is 72.9 Å². The van der Waals surface area contributed by atoms with Crippen LogP contribution in [0.1, 0.15) is 329 Å². The Kier molecular flexibility index (Phi) is 60.7. The third-order valence-electron chi connectivity index (χ3n) is 14.2. The quantitative estimate of drug-likeness (QED) is 0.0261. The molecule has 0 aromatic carbocycles. The van der Waals surface area contributed by atoms with E-state index in [-0.39, 0.29) is 31.1 Å². The normalized spacial score (nSPS) is 12.5. The lowest BCUT2D eigenvalue weighted by atomic mass is 10.0. The second-order valence-corrected chi connectivity index (χ2v) is 21.6. The topological polar surface area (TPSA) is 78.9 Å². The smallest absolute Gasteiger partial charge is 0.306 e. The molecule has 0 heterocycles. The fraction of sp³-hybridized carbons (Fsp3) is 0.783. The molecule has 6 heteroatoms. The van der Waals surface area contributed by atoms with Gasteiger partial charge in [0.15, 0.2) is 6.10 Å². The Morgan fingerprint density at radius 2 is 0.520 bits per heavy atom. The van der Waals surface area contributed by atoms with Gasteiger partial charge in [0, 0.05) is 19.3 Å². The van der Waals surface area contributed by atoms with Gasteiger partial charge >= 0.3 is 17.9 Å². The molecule has 0 aromatic rings. The van der Waals surface area contributed by atoms with Crippen LogP contribution in [0.25, 0.3) is 0 Å². The maximum absolute atomic E-state index is 12.9. The van der Waals surface area contributed by atoms with Crippen LogP contribution in [0.3, 0.4) is 0 Å². The first-order valence-electron chi connectivity index (χ1n) is 32.4. The first-order valence-corrected chi connectivity index (χ1v) is 32.4. The van der Waals surface area contributed by atoms with Crippen molar-refractivity contribution in [3.05, 3.63) is 72.9 Å². The summed E-state index contributed by atoms with van der Waals surface area (Å²) in [6.45, 7) is 6.53. The van der Waals surface area contributed by atoms with Gasteiger partial charge < -0.3 is 14.2 Å². The van der Waals surface area contributed by atoms with E-state index in [0.29, 0.717) is 19.3 Å². The minimum atomic E-state index is -0.773. The van der Waals surface area contributed by atoms with Crippen molar-refractivity contribution in [1.29, 1.82) is 0 Å². The lowest BCUT2D eigenvalue weighted by Crippen LogP contribution is -2.30. The van der Waals surface area contributed by atoms with Gasteiger partial charge in [-0.25, -0.2) is 0 Å². The van der Waals surface area contributed by atoms with Crippen molar-refractivity contribution in [3.63, 3.8) is 0 Å². The molecule has 0 rings (SSSR count). The molecule has 6 nitrogen and oxygen atoms in total. The predicted octanol–water partition coefficient (Wildman–Crippen LogP) is 22.1. The van der Waals surface area contributed by atoms with Gasteiger partial charge in [-0.3, -0.25) is 14.4 Å². The summed E-state index contributed by atoms with van der Waals surface area (Å²) in [5.74, 6) is -0.867. The van der Waals surface area contributed by atoms with Crippen LogP contribution in [0, 0.1) is 0 Å². The van der Waals surface area contributed by atoms with Crippen LogP contribution < -0.4 is 0 Å². The molecule has 0 saturated heterocycles. The monoisotopic (exact) mass is 1050 g/mol. The Hall–Kier alpha value is -3.15. The molecule has 1 atom stereocenters. The van der Waals surface area contributed by atoms with E-state index in [2.05, 4.69) is 93.7 Å². The van der Waals surface area contributed by atoms with Gasteiger partial charge in [0.25, 0.3) is 0 Å². The number of rotatable bonds is 59. The van der Waals surface area contributed by atoms with Gasteiger partial charge in [-0.1, -0.05) is 293 Å². The Balaban J connectivity index is 4.09. The zero-order valence-corrected chi connectivity index (χ0v) is 49.8. The molecule has 0 aliphatic carbocycles. The maximum Gasteiger partial charge on any atom is 0.306 e. The summed E-state index contributed by atoms with van der Waals surface area (Å²) in [6.07, 6.45) is 82.2. The second kappa shape index (κ2) is 63.4. The van der Waals surface area contributed by atoms with Gasteiger partial charge in [0.05, 0.1) is 0 Å². The average Bonchev–Trinajstić information content (AvgIpc) is 3.41. The van der Waals surface area contributed by atoms with Crippen molar-refractivity contribution in [2.24, 2.45) is 0 Å². The Bertz CT molecular complexity index is 1390. The van der Waals surface area contributed by atoms with Crippen molar-refractivity contribution in [2.75, 3.05) is 13.2 Å². The third kappa shape index (κ3) is 61.6. The first kappa shape index (κ1) is 71.8. The van der Waals surface area contributed by atoms with Gasteiger partial charge in [0.1, 0.15) is 13.2 Å². The predicted molar refractivity (Wildman–Crippen MR) is 325 cm³/mol. The van der Waals surface area contributed by atoms with Crippen molar-refractivity contribution in [2.45, 2.75) is 335 Å². The van der Waals surface area contributed by atoms with Crippen LogP contribution in [0.5, 0.6) is 0 Å². The summed E-state index contributed by atoms with van der Waals surface area (Å²) in [7, 11) is 0. The molecule has 0 amide bonds. The van der Waals surface area contributed by atoms with Gasteiger partial charge in [-0.2, -0.15) is 0 Å². The molecular weight excluding hydrogens is 925 g/mol. The van der Waals surface area contributed by atoms with Crippen LogP contribution in [-0.4, -0.2) is 37.2 Å². The standard InChI is InChI=1S/C69H122O6/c1-4-7-10-13-16-19-21-23-25-27-29-30-31-32-33-34-35-36-37-38-39-40-41-43-44-46-48-50-53-56-59-62-68(71)74-65-66(64-73-67(70)61-58-55-52-18-15-12-9-6-3)75-69(72)63-60-57-54-51-49-47-45-42-28-26-24-22-20-17-14-11-8-5-2/h7,10,16,19,23,25-26,28-30,32-33,66H,4-6,8-9,11-15,17-18,20-22,24,27,31,34-65H2,1-3H3/b10-7-,19-16-,25-23-,28-26-,30-29-,33-32-. The molecular formula is C69H122O6. The summed E-state index contributed by atoms with van der Waals surface area (Å²) in [5.41, 5.74) is 0. The lowest BCUT2D eigenvalue weighted by molar-refractivity contribution is -0.167. The Morgan fingerprint density at radius 3 is 0.827 bits per heavy atom. The number of carbonyl (C=O) groups is 3. The highest BCUT2D eigenvalue weighted by molar-refractivity contribution is 5.71. The van der Waals surface area contributed by atoms with Gasteiger partial charge in [-0.05, 0) is 89.9 Å². The molecule has 0 bridgehead atoms. The summed E-state index contributed by atoms with van der Waals surface area (Å²) < 4.78 is 16.9. The highest BCUT2D eigenvalue weighted by Crippen LogP contribution is 2.17. The zero-order valence-electron chi connectivity index (χ0n) is 49.8. The van der Waals surface area contributed by atoms with E-state index in [1.807, 2.05) is 0 Å². The van der Waals surface area contributed by atoms with E-state index in [9.17, 15) is 14.4 Å². The largest absolute Gasteiger partial charge is 0.462 e. The molecule has 0 aromatic heterocycles. The number of hydrogen-bond donors (Lipinski definition) is 0. The van der Waals surface area contributed by atoms with Crippen molar-refractivity contribution >= 4 is 17.9 Å². The fourth-order valence-electron chi connectivity index (χ4n) is 9.35. The molecule has 75 heavy (non-hydrogen) atoms. The van der Waals surface area contributed by atoms with Crippen LogP contribution >= 0.6 is 0 Å². The van der Waals surface area contributed by atoms with E-state index in [4.69, 9.17) is 14.2 Å². The van der Waals surface area contributed by atoms with Gasteiger partial charge in [0.2, 0.25) is 0 Å². The van der Waals surface area contributed by atoms with E-state index in [1.54, 1.807) is 0 Å². The zero-order chi connectivity index (χ0) is 54.3. The van der Waals surface area contributed by atoms with Crippen molar-refractivity contribution in [1.82, 2.24) is 0 Å². The van der Waals surface area contributed by atoms with Crippen molar-refractivity contribution in [3.8, 4) is 0 Å². The van der Waals surface area contributed by atoms with Crippen LogP contribution in [-0.2, 0) is 28.6 Å². The van der Waals surface area contributed by atoms with Crippen LogP contribution in [0.4, 0.5) is 0 Å². The van der Waals surface area contributed by atoms with E-state index in [0.717, 1.165) is 89.9 Å². The summed E-state index contributed by atoms with van der Waals surface area (Å²) >= 11 is 0. The van der Waals surface area contributed by atoms with E-state index >= 15 is 0 Å². The number of ether oxygens (including phenoxy) is 3. The number of carbonyl (C=O) groups excluding carboxylic acids is 3. The minimum Gasteiger partial charge on any atom is -0.462 e.